The molecule has 0 bridgehead atoms. The van der Waals surface area contributed by atoms with Crippen molar-refractivity contribution in [2.45, 2.75) is 18.4 Å². The van der Waals surface area contributed by atoms with Crippen molar-refractivity contribution < 1.29 is 13.9 Å². The number of halogens is 1. The molecule has 1 spiro atoms. The molecule has 6 heteroatoms. The van der Waals surface area contributed by atoms with Crippen molar-refractivity contribution >= 4 is 22.6 Å². The zero-order valence-corrected chi connectivity index (χ0v) is 12.1. The molecule has 1 fully saturated rings. The van der Waals surface area contributed by atoms with Crippen LogP contribution in [0, 0.1) is 5.82 Å². The van der Waals surface area contributed by atoms with E-state index in [0.717, 1.165) is 42.7 Å². The highest BCUT2D eigenvalue weighted by Gasteiger charge is 2.37. The molecule has 1 saturated heterocycles. The topological polar surface area (TPSA) is 42.8 Å². The van der Waals surface area contributed by atoms with Crippen LogP contribution in [-0.2, 0) is 4.74 Å². The predicted octanol–water partition coefficient (Wildman–Crippen LogP) is 2.90. The van der Waals surface area contributed by atoms with Crippen molar-refractivity contribution in [3.8, 4) is 5.75 Å². The van der Waals surface area contributed by atoms with Gasteiger partial charge in [0.05, 0.1) is 18.3 Å². The average molecular weight is 296 g/mol. The summed E-state index contributed by atoms with van der Waals surface area (Å²) in [6, 6.07) is 4.45. The zero-order chi connectivity index (χ0) is 14.0. The number of ether oxygens (including phenoxy) is 2. The van der Waals surface area contributed by atoms with Crippen LogP contribution in [0.3, 0.4) is 0 Å². The summed E-state index contributed by atoms with van der Waals surface area (Å²) in [5, 5.41) is 4.11. The van der Waals surface area contributed by atoms with Gasteiger partial charge in [-0.1, -0.05) is 11.8 Å². The van der Waals surface area contributed by atoms with Crippen LogP contribution in [0.15, 0.2) is 23.2 Å². The maximum Gasteiger partial charge on any atom is 0.161 e. The second-order valence-corrected chi connectivity index (χ2v) is 5.98. The molecule has 4 nitrogen and oxygen atoms in total. The van der Waals surface area contributed by atoms with Gasteiger partial charge in [-0.25, -0.2) is 4.39 Å². The van der Waals surface area contributed by atoms with Crippen LogP contribution in [0.5, 0.6) is 5.75 Å². The molecule has 2 aliphatic heterocycles. The van der Waals surface area contributed by atoms with Crippen molar-refractivity contribution in [2.24, 2.45) is 4.99 Å². The van der Waals surface area contributed by atoms with Gasteiger partial charge in [0.25, 0.3) is 0 Å². The standard InChI is InChI=1S/C14H17FN2O2S/c1-18-12-8-10(15)2-3-11(12)16-13-17-14(9-20-13)4-6-19-7-5-14/h2-3,8H,4-7,9H2,1H3,(H,16,17). The quantitative estimate of drug-likeness (QED) is 0.911. The SMILES string of the molecule is COc1cc(F)ccc1NC1=NC2(CCOCC2)CS1. The molecule has 1 aromatic carbocycles. The van der Waals surface area contributed by atoms with Crippen LogP contribution in [0.1, 0.15) is 12.8 Å². The van der Waals surface area contributed by atoms with Crippen molar-refractivity contribution in [2.75, 3.05) is 31.4 Å². The summed E-state index contributed by atoms with van der Waals surface area (Å²) in [6.07, 6.45) is 1.93. The van der Waals surface area contributed by atoms with Crippen LogP contribution >= 0.6 is 11.8 Å². The van der Waals surface area contributed by atoms with E-state index in [2.05, 4.69) is 5.32 Å². The fourth-order valence-electron chi connectivity index (χ4n) is 2.44. The molecule has 1 N–H and O–H groups in total. The molecule has 0 amide bonds. The number of anilines is 1. The normalized spacial score (nSPS) is 20.8. The Kier molecular flexibility index (Phi) is 3.85. The Balaban J connectivity index is 1.77. The lowest BCUT2D eigenvalue weighted by Gasteiger charge is -2.29. The summed E-state index contributed by atoms with van der Waals surface area (Å²) >= 11 is 1.70. The second kappa shape index (κ2) is 5.61. The molecule has 0 radical (unpaired) electrons. The van der Waals surface area contributed by atoms with E-state index in [1.165, 1.54) is 19.2 Å². The molecule has 1 aromatic rings. The summed E-state index contributed by atoms with van der Waals surface area (Å²) in [6.45, 7) is 1.55. The van der Waals surface area contributed by atoms with Crippen LogP contribution in [0.4, 0.5) is 10.1 Å². The summed E-state index contributed by atoms with van der Waals surface area (Å²) < 4.78 is 23.8. The highest BCUT2D eigenvalue weighted by Crippen LogP contribution is 2.37. The third-order valence-electron chi connectivity index (χ3n) is 3.64. The minimum absolute atomic E-state index is 0.0124. The molecular weight excluding hydrogens is 279 g/mol. The number of nitrogens with zero attached hydrogens (tertiary/aromatic N) is 1. The Hall–Kier alpha value is -1.27. The Bertz CT molecular complexity index is 530. The molecule has 2 aliphatic rings. The predicted molar refractivity (Wildman–Crippen MR) is 79.3 cm³/mol. The van der Waals surface area contributed by atoms with Gasteiger partial charge in [0.1, 0.15) is 11.6 Å². The number of hydrogen-bond acceptors (Lipinski definition) is 5. The Labute approximate surface area is 121 Å². The Morgan fingerprint density at radius 2 is 2.20 bits per heavy atom. The monoisotopic (exact) mass is 296 g/mol. The third-order valence-corrected chi connectivity index (χ3v) is 4.79. The van der Waals surface area contributed by atoms with E-state index >= 15 is 0 Å². The fraction of sp³-hybridized carbons (Fsp3) is 0.500. The second-order valence-electron chi connectivity index (χ2n) is 5.01. The van der Waals surface area contributed by atoms with E-state index in [-0.39, 0.29) is 11.4 Å². The molecule has 0 unspecified atom stereocenters. The van der Waals surface area contributed by atoms with E-state index in [0.29, 0.717) is 5.75 Å². The van der Waals surface area contributed by atoms with Gasteiger partial charge in [-0.15, -0.1) is 0 Å². The van der Waals surface area contributed by atoms with Crippen molar-refractivity contribution in [1.29, 1.82) is 0 Å². The number of rotatable bonds is 2. The first kappa shape index (κ1) is 13.7. The van der Waals surface area contributed by atoms with Gasteiger partial charge in [-0.2, -0.15) is 0 Å². The summed E-state index contributed by atoms with van der Waals surface area (Å²) in [4.78, 5) is 4.81. The average Bonchev–Trinajstić information content (AvgIpc) is 2.84. The van der Waals surface area contributed by atoms with Gasteiger partial charge < -0.3 is 14.8 Å². The van der Waals surface area contributed by atoms with E-state index < -0.39 is 0 Å². The lowest BCUT2D eigenvalue weighted by molar-refractivity contribution is 0.0624. The first-order valence-corrected chi connectivity index (χ1v) is 7.60. The third kappa shape index (κ3) is 2.76. The van der Waals surface area contributed by atoms with E-state index in [1.54, 1.807) is 17.8 Å². The van der Waals surface area contributed by atoms with Gasteiger partial charge in [0.2, 0.25) is 0 Å². The highest BCUT2D eigenvalue weighted by molar-refractivity contribution is 8.14. The minimum atomic E-state index is -0.311. The van der Waals surface area contributed by atoms with E-state index in [4.69, 9.17) is 14.5 Å². The first-order valence-electron chi connectivity index (χ1n) is 6.62. The molecular formula is C14H17FN2O2S. The molecule has 3 rings (SSSR count). The lowest BCUT2D eigenvalue weighted by atomic mass is 9.93. The molecule has 0 aromatic heterocycles. The molecule has 108 valence electrons. The molecule has 20 heavy (non-hydrogen) atoms. The van der Waals surface area contributed by atoms with Gasteiger partial charge in [-0.3, -0.25) is 4.99 Å². The summed E-state index contributed by atoms with van der Waals surface area (Å²) in [7, 11) is 1.53. The lowest BCUT2D eigenvalue weighted by Crippen LogP contribution is -2.34. The van der Waals surface area contributed by atoms with Gasteiger partial charge in [0, 0.05) is 25.0 Å². The maximum absolute atomic E-state index is 13.2. The number of methoxy groups -OCH3 is 1. The van der Waals surface area contributed by atoms with Gasteiger partial charge >= 0.3 is 0 Å². The minimum Gasteiger partial charge on any atom is -0.494 e. The van der Waals surface area contributed by atoms with Crippen LogP contribution in [0.25, 0.3) is 0 Å². The number of amidine groups is 1. The first-order chi connectivity index (χ1) is 9.71. The molecule has 2 heterocycles. The van der Waals surface area contributed by atoms with Crippen molar-refractivity contribution in [1.82, 2.24) is 0 Å². The number of aliphatic imine (C=N–C) groups is 1. The van der Waals surface area contributed by atoms with Crippen molar-refractivity contribution in [3.05, 3.63) is 24.0 Å². The fourth-order valence-corrected chi connectivity index (χ4v) is 3.64. The van der Waals surface area contributed by atoms with Crippen molar-refractivity contribution in [3.63, 3.8) is 0 Å². The van der Waals surface area contributed by atoms with E-state index in [1.807, 2.05) is 0 Å². The maximum atomic E-state index is 13.2. The zero-order valence-electron chi connectivity index (χ0n) is 11.3. The van der Waals surface area contributed by atoms with E-state index in [9.17, 15) is 4.39 Å². The van der Waals surface area contributed by atoms with Gasteiger partial charge in [-0.05, 0) is 25.0 Å². The van der Waals surface area contributed by atoms with Crippen LogP contribution in [-0.4, -0.2) is 36.8 Å². The Morgan fingerprint density at radius 1 is 1.40 bits per heavy atom. The summed E-state index contributed by atoms with van der Waals surface area (Å²) in [5.74, 6) is 1.15. The highest BCUT2D eigenvalue weighted by atomic mass is 32.2. The number of benzene rings is 1. The molecule has 0 atom stereocenters. The Morgan fingerprint density at radius 3 is 2.95 bits per heavy atom. The number of thioether (sulfide) groups is 1. The molecule has 0 aliphatic carbocycles. The smallest absolute Gasteiger partial charge is 0.161 e. The van der Waals surface area contributed by atoms with Gasteiger partial charge in [0.15, 0.2) is 5.17 Å². The summed E-state index contributed by atoms with van der Waals surface area (Å²) in [5.41, 5.74) is 0.752. The number of nitrogens with one attached hydrogen (secondary N) is 1. The largest absolute Gasteiger partial charge is 0.494 e. The van der Waals surface area contributed by atoms with Crippen LogP contribution in [0.2, 0.25) is 0 Å². The van der Waals surface area contributed by atoms with Crippen LogP contribution < -0.4 is 10.1 Å². The molecule has 0 saturated carbocycles. The number of hydrogen-bond donors (Lipinski definition) is 1.